The predicted molar refractivity (Wildman–Crippen MR) is 51.6 cm³/mol. The summed E-state index contributed by atoms with van der Waals surface area (Å²) < 4.78 is 0. The molecule has 58 valence electrons. The van der Waals surface area contributed by atoms with Gasteiger partial charge < -0.3 is 0 Å². The zero-order chi connectivity index (χ0) is 8.97. The maximum Gasteiger partial charge on any atom is 0.0260 e. The van der Waals surface area contributed by atoms with Crippen molar-refractivity contribution >= 4 is 0 Å². The molecule has 0 fully saturated rings. The van der Waals surface area contributed by atoms with E-state index in [1.165, 1.54) is 11.1 Å². The van der Waals surface area contributed by atoms with Crippen LogP contribution in [0.2, 0.25) is 0 Å². The summed E-state index contributed by atoms with van der Waals surface area (Å²) in [6.45, 7) is 4.10. The van der Waals surface area contributed by atoms with Crippen LogP contribution in [-0.2, 0) is 0 Å². The first-order chi connectivity index (χ1) is 5.72. The highest BCUT2D eigenvalue weighted by Gasteiger charge is 1.90. The van der Waals surface area contributed by atoms with Crippen molar-refractivity contribution in [3.8, 4) is 24.2 Å². The van der Waals surface area contributed by atoms with Gasteiger partial charge in [-0.3, -0.25) is 0 Å². The van der Waals surface area contributed by atoms with Crippen molar-refractivity contribution in [1.29, 1.82) is 0 Å². The van der Waals surface area contributed by atoms with E-state index in [0.29, 0.717) is 0 Å². The fourth-order valence-corrected chi connectivity index (χ4v) is 1.16. The maximum atomic E-state index is 5.03. The van der Waals surface area contributed by atoms with Crippen LogP contribution in [0.25, 0.3) is 0 Å². The Bertz CT molecular complexity index is 360. The molecule has 0 heteroatoms. The second-order valence-electron chi connectivity index (χ2n) is 2.77. The van der Waals surface area contributed by atoms with E-state index in [4.69, 9.17) is 6.42 Å². The normalized spacial score (nSPS) is 8.08. The molecule has 0 spiro atoms. The second-order valence-corrected chi connectivity index (χ2v) is 2.77. The van der Waals surface area contributed by atoms with Crippen molar-refractivity contribution in [3.63, 3.8) is 0 Å². The second kappa shape index (κ2) is 3.65. The summed E-state index contributed by atoms with van der Waals surface area (Å²) in [5.74, 6) is 7.78. The Labute approximate surface area is 73.6 Å². The molecule has 0 bridgehead atoms. The average Bonchev–Trinajstić information content (AvgIpc) is 1.99. The lowest BCUT2D eigenvalue weighted by molar-refractivity contribution is 1.37. The van der Waals surface area contributed by atoms with Crippen LogP contribution in [0.4, 0.5) is 0 Å². The van der Waals surface area contributed by atoms with Gasteiger partial charge in [0.15, 0.2) is 0 Å². The Balaban J connectivity index is 3.11. The van der Waals surface area contributed by atoms with Gasteiger partial charge in [-0.25, -0.2) is 0 Å². The summed E-state index contributed by atoms with van der Waals surface area (Å²) >= 11 is 0. The van der Waals surface area contributed by atoms with Gasteiger partial charge >= 0.3 is 0 Å². The highest BCUT2D eigenvalue weighted by molar-refractivity contribution is 5.42. The van der Waals surface area contributed by atoms with Gasteiger partial charge in [0.05, 0.1) is 0 Å². The number of benzene rings is 1. The van der Waals surface area contributed by atoms with Crippen molar-refractivity contribution in [3.05, 3.63) is 34.9 Å². The van der Waals surface area contributed by atoms with Gasteiger partial charge in [0.2, 0.25) is 0 Å². The molecule has 0 atom stereocenters. The van der Waals surface area contributed by atoms with E-state index in [1.807, 2.05) is 26.0 Å². The molecule has 0 aliphatic carbocycles. The Kier molecular flexibility index (Phi) is 2.57. The van der Waals surface area contributed by atoms with E-state index in [0.717, 1.165) is 5.56 Å². The molecule has 12 heavy (non-hydrogen) atoms. The first kappa shape index (κ1) is 8.44. The van der Waals surface area contributed by atoms with Crippen LogP contribution < -0.4 is 0 Å². The molecule has 0 nitrogen and oxygen atoms in total. The SMILES string of the molecule is C#CC#Cc1cc(C)cc(C)c1. The number of hydrogen-bond acceptors (Lipinski definition) is 0. The van der Waals surface area contributed by atoms with Crippen LogP contribution in [-0.4, -0.2) is 0 Å². The molecule has 0 aliphatic rings. The Morgan fingerprint density at radius 1 is 1.08 bits per heavy atom. The fraction of sp³-hybridized carbons (Fsp3) is 0.167. The lowest BCUT2D eigenvalue weighted by Crippen LogP contribution is -1.80. The van der Waals surface area contributed by atoms with E-state index >= 15 is 0 Å². The summed E-state index contributed by atoms with van der Waals surface area (Å²) in [5, 5.41) is 0. The van der Waals surface area contributed by atoms with Crippen molar-refractivity contribution in [2.45, 2.75) is 13.8 Å². The third kappa shape index (κ3) is 2.19. The number of hydrogen-bond donors (Lipinski definition) is 0. The smallest absolute Gasteiger partial charge is 0.0260 e. The zero-order valence-corrected chi connectivity index (χ0v) is 7.31. The minimum atomic E-state index is 0.991. The minimum Gasteiger partial charge on any atom is -0.106 e. The Hall–Kier alpha value is -1.66. The zero-order valence-electron chi connectivity index (χ0n) is 7.31. The van der Waals surface area contributed by atoms with Gasteiger partial charge in [-0.15, -0.1) is 6.42 Å². The van der Waals surface area contributed by atoms with E-state index < -0.39 is 0 Å². The average molecular weight is 154 g/mol. The third-order valence-electron chi connectivity index (χ3n) is 1.50. The molecule has 0 N–H and O–H groups in total. The summed E-state index contributed by atoms with van der Waals surface area (Å²) in [5.41, 5.74) is 3.43. The molecule has 0 aromatic heterocycles. The van der Waals surface area contributed by atoms with Crippen LogP contribution in [0.1, 0.15) is 16.7 Å². The quantitative estimate of drug-likeness (QED) is 0.503. The molecule has 0 radical (unpaired) electrons. The van der Waals surface area contributed by atoms with Crippen molar-refractivity contribution in [2.75, 3.05) is 0 Å². The minimum absolute atomic E-state index is 0.991. The predicted octanol–water partition coefficient (Wildman–Crippen LogP) is 2.29. The molecule has 1 aromatic rings. The largest absolute Gasteiger partial charge is 0.106 e. The van der Waals surface area contributed by atoms with Crippen LogP contribution in [0, 0.1) is 38.0 Å². The molecule has 0 unspecified atom stereocenters. The van der Waals surface area contributed by atoms with Gasteiger partial charge in [-0.05, 0) is 48.9 Å². The van der Waals surface area contributed by atoms with Crippen LogP contribution in [0.15, 0.2) is 18.2 Å². The van der Waals surface area contributed by atoms with E-state index in [2.05, 4.69) is 23.8 Å². The van der Waals surface area contributed by atoms with Crippen LogP contribution >= 0.6 is 0 Å². The molecule has 1 aromatic carbocycles. The third-order valence-corrected chi connectivity index (χ3v) is 1.50. The molecular weight excluding hydrogens is 144 g/mol. The van der Waals surface area contributed by atoms with Gasteiger partial charge in [0.1, 0.15) is 0 Å². The van der Waals surface area contributed by atoms with Crippen molar-refractivity contribution < 1.29 is 0 Å². The molecule has 0 saturated heterocycles. The number of terminal acetylenes is 1. The van der Waals surface area contributed by atoms with E-state index in [1.54, 1.807) is 0 Å². The molecule has 0 aliphatic heterocycles. The Morgan fingerprint density at radius 2 is 1.67 bits per heavy atom. The lowest BCUT2D eigenvalue weighted by atomic mass is 10.1. The monoisotopic (exact) mass is 154 g/mol. The standard InChI is InChI=1S/C12H10/c1-4-5-6-12-8-10(2)7-11(3)9-12/h1,7-9H,2-3H3. The molecule has 0 saturated carbocycles. The highest BCUT2D eigenvalue weighted by atomic mass is 13.9. The van der Waals surface area contributed by atoms with Gasteiger partial charge in [0.25, 0.3) is 0 Å². The van der Waals surface area contributed by atoms with E-state index in [-0.39, 0.29) is 0 Å². The van der Waals surface area contributed by atoms with Gasteiger partial charge in [-0.1, -0.05) is 12.0 Å². The number of rotatable bonds is 0. The molecular formula is C12H10. The van der Waals surface area contributed by atoms with Crippen LogP contribution in [0.5, 0.6) is 0 Å². The first-order valence-corrected chi connectivity index (χ1v) is 3.77. The van der Waals surface area contributed by atoms with Gasteiger partial charge in [0, 0.05) is 5.56 Å². The fourth-order valence-electron chi connectivity index (χ4n) is 1.16. The highest BCUT2D eigenvalue weighted by Crippen LogP contribution is 2.06. The molecule has 0 heterocycles. The van der Waals surface area contributed by atoms with Crippen molar-refractivity contribution in [1.82, 2.24) is 0 Å². The lowest BCUT2D eigenvalue weighted by Gasteiger charge is -1.96. The maximum absolute atomic E-state index is 5.03. The summed E-state index contributed by atoms with van der Waals surface area (Å²) in [4.78, 5) is 0. The molecule has 0 amide bonds. The first-order valence-electron chi connectivity index (χ1n) is 3.77. The topological polar surface area (TPSA) is 0 Å². The van der Waals surface area contributed by atoms with E-state index in [9.17, 15) is 0 Å². The summed E-state index contributed by atoms with van der Waals surface area (Å²) in [6, 6.07) is 6.16. The summed E-state index contributed by atoms with van der Waals surface area (Å²) in [7, 11) is 0. The van der Waals surface area contributed by atoms with Gasteiger partial charge in [-0.2, -0.15) is 0 Å². The Morgan fingerprint density at radius 3 is 2.17 bits per heavy atom. The molecule has 1 rings (SSSR count). The summed E-state index contributed by atoms with van der Waals surface area (Å²) in [6.07, 6.45) is 5.03. The van der Waals surface area contributed by atoms with Crippen LogP contribution in [0.3, 0.4) is 0 Å². The van der Waals surface area contributed by atoms with Crippen molar-refractivity contribution in [2.24, 2.45) is 0 Å². The number of aryl methyl sites for hydroxylation is 2.